The Labute approximate surface area is 80.5 Å². The Kier molecular flexibility index (Phi) is 5.41. The van der Waals surface area contributed by atoms with E-state index in [4.69, 9.17) is 5.26 Å². The van der Waals surface area contributed by atoms with Crippen LogP contribution in [0.1, 0.15) is 40.5 Å². The normalized spacial score (nSPS) is 11.7. The molecule has 0 fully saturated rings. The zero-order chi connectivity index (χ0) is 9.61. The lowest BCUT2D eigenvalue weighted by Gasteiger charge is -2.23. The SMILES string of the molecule is CCC(C#N)(CC)SCC(C)C. The first-order valence-corrected chi connectivity index (χ1v) is 5.64. The van der Waals surface area contributed by atoms with Crippen LogP contribution in [0, 0.1) is 17.2 Å². The zero-order valence-electron chi connectivity index (χ0n) is 8.55. The van der Waals surface area contributed by atoms with Gasteiger partial charge in [-0.2, -0.15) is 5.26 Å². The number of nitriles is 1. The number of hydrogen-bond acceptors (Lipinski definition) is 2. The fourth-order valence-corrected chi connectivity index (χ4v) is 2.10. The number of rotatable bonds is 5. The molecule has 0 unspecified atom stereocenters. The molecule has 12 heavy (non-hydrogen) atoms. The molecule has 0 aliphatic carbocycles. The van der Waals surface area contributed by atoms with E-state index in [0.29, 0.717) is 5.92 Å². The summed E-state index contributed by atoms with van der Waals surface area (Å²) < 4.78 is -0.121. The topological polar surface area (TPSA) is 23.8 Å². The van der Waals surface area contributed by atoms with Gasteiger partial charge >= 0.3 is 0 Å². The fourth-order valence-electron chi connectivity index (χ4n) is 0.971. The Morgan fingerprint density at radius 2 is 1.83 bits per heavy atom. The van der Waals surface area contributed by atoms with Gasteiger partial charge in [0.05, 0.1) is 6.07 Å². The number of nitrogens with zero attached hydrogens (tertiary/aromatic N) is 1. The Bertz CT molecular complexity index is 154. The second kappa shape index (κ2) is 5.48. The molecule has 0 aliphatic rings. The van der Waals surface area contributed by atoms with E-state index in [2.05, 4.69) is 33.8 Å². The maximum absolute atomic E-state index is 9.02. The van der Waals surface area contributed by atoms with Gasteiger partial charge in [0, 0.05) is 0 Å². The molecular formula is C10H19NS. The number of thioether (sulfide) groups is 1. The first-order valence-electron chi connectivity index (χ1n) is 4.65. The molecule has 0 N–H and O–H groups in total. The largest absolute Gasteiger partial charge is 0.197 e. The van der Waals surface area contributed by atoms with Gasteiger partial charge in [0.15, 0.2) is 0 Å². The van der Waals surface area contributed by atoms with Gasteiger partial charge < -0.3 is 0 Å². The highest BCUT2D eigenvalue weighted by atomic mass is 32.2. The molecule has 1 nitrogen and oxygen atoms in total. The molecule has 0 saturated heterocycles. The van der Waals surface area contributed by atoms with Crippen LogP contribution < -0.4 is 0 Å². The van der Waals surface area contributed by atoms with Crippen molar-refractivity contribution >= 4 is 11.8 Å². The summed E-state index contributed by atoms with van der Waals surface area (Å²) in [4.78, 5) is 0. The van der Waals surface area contributed by atoms with Crippen molar-refractivity contribution in [3.05, 3.63) is 0 Å². The highest BCUT2D eigenvalue weighted by Crippen LogP contribution is 2.32. The third-order valence-corrected chi connectivity index (χ3v) is 4.09. The molecule has 2 heteroatoms. The van der Waals surface area contributed by atoms with E-state index in [1.165, 1.54) is 0 Å². The van der Waals surface area contributed by atoms with Gasteiger partial charge in [0.25, 0.3) is 0 Å². The van der Waals surface area contributed by atoms with Crippen molar-refractivity contribution in [3.63, 3.8) is 0 Å². The second-order valence-corrected chi connectivity index (χ2v) is 4.92. The van der Waals surface area contributed by atoms with Crippen molar-refractivity contribution in [2.45, 2.75) is 45.3 Å². The van der Waals surface area contributed by atoms with Crippen molar-refractivity contribution < 1.29 is 0 Å². The van der Waals surface area contributed by atoms with Gasteiger partial charge in [-0.25, -0.2) is 0 Å². The van der Waals surface area contributed by atoms with E-state index in [0.717, 1.165) is 18.6 Å². The molecule has 0 aliphatic heterocycles. The molecule has 70 valence electrons. The second-order valence-electron chi connectivity index (χ2n) is 3.52. The van der Waals surface area contributed by atoms with E-state index in [-0.39, 0.29) is 4.75 Å². The van der Waals surface area contributed by atoms with Gasteiger partial charge in [0.1, 0.15) is 4.75 Å². The molecule has 0 saturated carbocycles. The Morgan fingerprint density at radius 3 is 2.08 bits per heavy atom. The summed E-state index contributed by atoms with van der Waals surface area (Å²) in [6.45, 7) is 8.58. The Hall–Kier alpha value is -0.160. The maximum Gasteiger partial charge on any atom is 0.102 e. The monoisotopic (exact) mass is 185 g/mol. The molecule has 0 aromatic carbocycles. The molecular weight excluding hydrogens is 166 g/mol. The molecule has 0 radical (unpaired) electrons. The van der Waals surface area contributed by atoms with Crippen LogP contribution in [-0.2, 0) is 0 Å². The molecule has 0 spiro atoms. The Balaban J connectivity index is 4.05. The van der Waals surface area contributed by atoms with Crippen molar-refractivity contribution in [2.75, 3.05) is 5.75 Å². The minimum Gasteiger partial charge on any atom is -0.197 e. The van der Waals surface area contributed by atoms with Crippen LogP contribution >= 0.6 is 11.8 Å². The lowest BCUT2D eigenvalue weighted by Crippen LogP contribution is -2.21. The summed E-state index contributed by atoms with van der Waals surface area (Å²) in [7, 11) is 0. The summed E-state index contributed by atoms with van der Waals surface area (Å²) in [5, 5.41) is 9.02. The third kappa shape index (κ3) is 3.49. The number of hydrogen-bond donors (Lipinski definition) is 0. The standard InChI is InChI=1S/C10H19NS/c1-5-10(6-2,8-11)12-7-9(3)4/h9H,5-7H2,1-4H3. The van der Waals surface area contributed by atoms with Crippen molar-refractivity contribution in [1.82, 2.24) is 0 Å². The van der Waals surface area contributed by atoms with E-state index in [1.807, 2.05) is 11.8 Å². The quantitative estimate of drug-likeness (QED) is 0.655. The molecule has 0 amide bonds. The molecule has 0 aromatic heterocycles. The summed E-state index contributed by atoms with van der Waals surface area (Å²) in [5.41, 5.74) is 0. The molecule has 0 bridgehead atoms. The van der Waals surface area contributed by atoms with Crippen LogP contribution in [0.5, 0.6) is 0 Å². The van der Waals surface area contributed by atoms with Crippen LogP contribution in [0.15, 0.2) is 0 Å². The van der Waals surface area contributed by atoms with Crippen LogP contribution in [0.2, 0.25) is 0 Å². The summed E-state index contributed by atoms with van der Waals surface area (Å²) in [6, 6.07) is 2.43. The molecule has 0 rings (SSSR count). The van der Waals surface area contributed by atoms with Crippen molar-refractivity contribution in [3.8, 4) is 6.07 Å². The Morgan fingerprint density at radius 1 is 1.33 bits per heavy atom. The summed E-state index contributed by atoms with van der Waals surface area (Å²) in [5.74, 6) is 1.77. The third-order valence-electron chi connectivity index (χ3n) is 2.04. The van der Waals surface area contributed by atoms with E-state index in [9.17, 15) is 0 Å². The van der Waals surface area contributed by atoms with Crippen LogP contribution in [0.25, 0.3) is 0 Å². The lowest BCUT2D eigenvalue weighted by atomic mass is 10.1. The van der Waals surface area contributed by atoms with E-state index >= 15 is 0 Å². The van der Waals surface area contributed by atoms with Gasteiger partial charge in [-0.15, -0.1) is 11.8 Å². The van der Waals surface area contributed by atoms with Crippen LogP contribution in [0.4, 0.5) is 0 Å². The lowest BCUT2D eigenvalue weighted by molar-refractivity contribution is 0.662. The van der Waals surface area contributed by atoms with Crippen molar-refractivity contribution in [1.29, 1.82) is 5.26 Å². The van der Waals surface area contributed by atoms with Gasteiger partial charge in [0.2, 0.25) is 0 Å². The molecule has 0 aromatic rings. The summed E-state index contributed by atoms with van der Waals surface area (Å²) >= 11 is 1.82. The van der Waals surface area contributed by atoms with Crippen LogP contribution in [-0.4, -0.2) is 10.5 Å². The predicted molar refractivity (Wildman–Crippen MR) is 56.2 cm³/mol. The van der Waals surface area contributed by atoms with Crippen molar-refractivity contribution in [2.24, 2.45) is 5.92 Å². The van der Waals surface area contributed by atoms with Gasteiger partial charge in [-0.05, 0) is 24.5 Å². The predicted octanol–water partition coefficient (Wildman–Crippen LogP) is 3.46. The van der Waals surface area contributed by atoms with E-state index in [1.54, 1.807) is 0 Å². The van der Waals surface area contributed by atoms with Gasteiger partial charge in [-0.3, -0.25) is 0 Å². The average Bonchev–Trinajstić information content (AvgIpc) is 2.08. The van der Waals surface area contributed by atoms with Gasteiger partial charge in [-0.1, -0.05) is 27.7 Å². The molecule has 0 atom stereocenters. The smallest absolute Gasteiger partial charge is 0.102 e. The highest BCUT2D eigenvalue weighted by molar-refractivity contribution is 8.00. The highest BCUT2D eigenvalue weighted by Gasteiger charge is 2.26. The zero-order valence-corrected chi connectivity index (χ0v) is 9.37. The fraction of sp³-hybridized carbons (Fsp3) is 0.900. The maximum atomic E-state index is 9.02. The van der Waals surface area contributed by atoms with E-state index < -0.39 is 0 Å². The minimum atomic E-state index is -0.121. The summed E-state index contributed by atoms with van der Waals surface area (Å²) in [6.07, 6.45) is 1.91. The molecule has 0 heterocycles. The first-order chi connectivity index (χ1) is 5.60. The minimum absolute atomic E-state index is 0.121. The first kappa shape index (κ1) is 11.8. The van der Waals surface area contributed by atoms with Crippen LogP contribution in [0.3, 0.4) is 0 Å². The average molecular weight is 185 g/mol.